The summed E-state index contributed by atoms with van der Waals surface area (Å²) in [5.74, 6) is -0.248. The molecule has 0 saturated heterocycles. The maximum Gasteiger partial charge on any atom is 0.124 e. The Balaban J connectivity index is 2.34. The van der Waals surface area contributed by atoms with Crippen molar-refractivity contribution in [2.75, 3.05) is 5.73 Å². The van der Waals surface area contributed by atoms with Gasteiger partial charge in [0.15, 0.2) is 0 Å². The molecular formula is C11H12FN3S. The third-order valence-corrected chi connectivity index (χ3v) is 3.39. The molecule has 0 spiro atoms. The molecule has 0 radical (unpaired) electrons. The smallest absolute Gasteiger partial charge is 0.124 e. The zero-order chi connectivity index (χ0) is 11.7. The molecule has 5 heteroatoms. The number of benzene rings is 1. The molecule has 0 fully saturated rings. The fourth-order valence-electron chi connectivity index (χ4n) is 1.42. The first kappa shape index (κ1) is 11.0. The number of aromatic nitrogens is 2. The molecule has 1 aromatic heterocycles. The minimum atomic E-state index is -0.248. The SMILES string of the molecule is Cc1nn(C)c(Sc2cccc(F)c2)c1N. The van der Waals surface area contributed by atoms with Crippen LogP contribution in [0.25, 0.3) is 0 Å². The lowest BCUT2D eigenvalue weighted by molar-refractivity contribution is 0.624. The van der Waals surface area contributed by atoms with Gasteiger partial charge in [0.1, 0.15) is 10.8 Å². The minimum Gasteiger partial charge on any atom is -0.395 e. The van der Waals surface area contributed by atoms with Crippen LogP contribution in [-0.4, -0.2) is 9.78 Å². The van der Waals surface area contributed by atoms with Crippen LogP contribution in [0.2, 0.25) is 0 Å². The molecule has 0 bridgehead atoms. The molecule has 3 nitrogen and oxygen atoms in total. The van der Waals surface area contributed by atoms with Crippen LogP contribution in [0.4, 0.5) is 10.1 Å². The molecule has 0 aliphatic heterocycles. The van der Waals surface area contributed by atoms with Crippen LogP contribution in [0.5, 0.6) is 0 Å². The van der Waals surface area contributed by atoms with E-state index in [1.54, 1.807) is 10.7 Å². The maximum absolute atomic E-state index is 13.0. The van der Waals surface area contributed by atoms with Crippen molar-refractivity contribution in [2.45, 2.75) is 16.8 Å². The van der Waals surface area contributed by atoms with E-state index in [2.05, 4.69) is 5.10 Å². The largest absolute Gasteiger partial charge is 0.395 e. The normalized spacial score (nSPS) is 10.7. The Bertz CT molecular complexity index is 522. The van der Waals surface area contributed by atoms with Crippen molar-refractivity contribution in [3.8, 4) is 0 Å². The second-order valence-corrected chi connectivity index (χ2v) is 4.55. The van der Waals surface area contributed by atoms with Gasteiger partial charge < -0.3 is 5.73 Å². The number of rotatable bonds is 2. The number of nitrogens with zero attached hydrogens (tertiary/aromatic N) is 2. The summed E-state index contributed by atoms with van der Waals surface area (Å²) in [7, 11) is 1.82. The van der Waals surface area contributed by atoms with E-state index in [1.165, 1.54) is 23.9 Å². The van der Waals surface area contributed by atoms with Gasteiger partial charge in [0.25, 0.3) is 0 Å². The van der Waals surface area contributed by atoms with E-state index in [-0.39, 0.29) is 5.82 Å². The predicted octanol–water partition coefficient (Wildman–Crippen LogP) is 2.60. The van der Waals surface area contributed by atoms with Gasteiger partial charge in [0.05, 0.1) is 11.4 Å². The molecule has 16 heavy (non-hydrogen) atoms. The average molecular weight is 237 g/mol. The lowest BCUT2D eigenvalue weighted by Crippen LogP contribution is -1.93. The summed E-state index contributed by atoms with van der Waals surface area (Å²) >= 11 is 1.41. The lowest BCUT2D eigenvalue weighted by Gasteiger charge is -2.03. The molecule has 0 unspecified atom stereocenters. The second-order valence-electron chi connectivity index (χ2n) is 3.49. The molecule has 84 valence electrons. The van der Waals surface area contributed by atoms with Crippen LogP contribution in [0.15, 0.2) is 34.2 Å². The number of hydrogen-bond donors (Lipinski definition) is 1. The van der Waals surface area contributed by atoms with Crippen molar-refractivity contribution in [3.05, 3.63) is 35.8 Å². The molecule has 0 saturated carbocycles. The third kappa shape index (κ3) is 2.04. The second kappa shape index (κ2) is 4.17. The molecule has 2 aromatic rings. The van der Waals surface area contributed by atoms with Crippen LogP contribution < -0.4 is 5.73 Å². The molecule has 0 atom stereocenters. The predicted molar refractivity (Wildman–Crippen MR) is 62.9 cm³/mol. The number of anilines is 1. The van der Waals surface area contributed by atoms with Gasteiger partial charge in [-0.1, -0.05) is 17.8 Å². The maximum atomic E-state index is 13.0. The summed E-state index contributed by atoms with van der Waals surface area (Å²) in [5.41, 5.74) is 7.33. The van der Waals surface area contributed by atoms with Crippen molar-refractivity contribution in [2.24, 2.45) is 7.05 Å². The van der Waals surface area contributed by atoms with Crippen LogP contribution in [0.1, 0.15) is 5.69 Å². The Morgan fingerprint density at radius 2 is 2.19 bits per heavy atom. The van der Waals surface area contributed by atoms with Gasteiger partial charge in [-0.25, -0.2) is 4.39 Å². The van der Waals surface area contributed by atoms with E-state index < -0.39 is 0 Å². The van der Waals surface area contributed by atoms with Gasteiger partial charge in [-0.05, 0) is 25.1 Å². The zero-order valence-corrected chi connectivity index (χ0v) is 9.88. The quantitative estimate of drug-likeness (QED) is 0.873. The van der Waals surface area contributed by atoms with Gasteiger partial charge in [0, 0.05) is 11.9 Å². The number of nitrogens with two attached hydrogens (primary N) is 1. The van der Waals surface area contributed by atoms with Gasteiger partial charge in [0.2, 0.25) is 0 Å². The van der Waals surface area contributed by atoms with Crippen molar-refractivity contribution >= 4 is 17.4 Å². The average Bonchev–Trinajstić information content (AvgIpc) is 2.45. The molecule has 1 aromatic carbocycles. The fourth-order valence-corrected chi connectivity index (χ4v) is 2.39. The first-order chi connectivity index (χ1) is 7.58. The van der Waals surface area contributed by atoms with Gasteiger partial charge in [-0.15, -0.1) is 0 Å². The zero-order valence-electron chi connectivity index (χ0n) is 9.07. The summed E-state index contributed by atoms with van der Waals surface area (Å²) in [5, 5.41) is 5.04. The summed E-state index contributed by atoms with van der Waals surface area (Å²) in [4.78, 5) is 0.815. The minimum absolute atomic E-state index is 0.248. The van der Waals surface area contributed by atoms with Crippen LogP contribution in [0, 0.1) is 12.7 Å². The third-order valence-electron chi connectivity index (χ3n) is 2.22. The molecular weight excluding hydrogens is 225 g/mol. The lowest BCUT2D eigenvalue weighted by atomic mass is 10.4. The molecule has 0 amide bonds. The first-order valence-corrected chi connectivity index (χ1v) is 5.62. The topological polar surface area (TPSA) is 43.8 Å². The Hall–Kier alpha value is -1.49. The van der Waals surface area contributed by atoms with E-state index in [0.29, 0.717) is 5.69 Å². The van der Waals surface area contributed by atoms with Crippen LogP contribution in [-0.2, 0) is 7.05 Å². The number of aryl methyl sites for hydroxylation is 2. The molecule has 1 heterocycles. The number of halogens is 1. The number of nitrogen functional groups attached to an aromatic ring is 1. The van der Waals surface area contributed by atoms with Crippen molar-refractivity contribution < 1.29 is 4.39 Å². The Labute approximate surface area is 97.5 Å². The summed E-state index contributed by atoms with van der Waals surface area (Å²) < 4.78 is 14.7. The van der Waals surface area contributed by atoms with Gasteiger partial charge in [-0.2, -0.15) is 5.10 Å². The molecule has 2 rings (SSSR count). The van der Waals surface area contributed by atoms with E-state index in [0.717, 1.165) is 15.6 Å². The highest BCUT2D eigenvalue weighted by atomic mass is 32.2. The monoisotopic (exact) mass is 237 g/mol. The van der Waals surface area contributed by atoms with Crippen LogP contribution >= 0.6 is 11.8 Å². The summed E-state index contributed by atoms with van der Waals surface area (Å²) in [6.07, 6.45) is 0. The molecule has 0 aliphatic rings. The molecule has 2 N–H and O–H groups in total. The fraction of sp³-hybridized carbons (Fsp3) is 0.182. The van der Waals surface area contributed by atoms with Crippen molar-refractivity contribution in [1.82, 2.24) is 9.78 Å². The first-order valence-electron chi connectivity index (χ1n) is 4.80. The summed E-state index contributed by atoms with van der Waals surface area (Å²) in [6, 6.07) is 6.42. The highest BCUT2D eigenvalue weighted by Crippen LogP contribution is 2.33. The Morgan fingerprint density at radius 1 is 1.44 bits per heavy atom. The van der Waals surface area contributed by atoms with Crippen molar-refractivity contribution in [1.29, 1.82) is 0 Å². The van der Waals surface area contributed by atoms with Crippen LogP contribution in [0.3, 0.4) is 0 Å². The van der Waals surface area contributed by atoms with E-state index in [9.17, 15) is 4.39 Å². The van der Waals surface area contributed by atoms with E-state index in [1.807, 2.05) is 20.0 Å². The number of hydrogen-bond acceptors (Lipinski definition) is 3. The van der Waals surface area contributed by atoms with Crippen molar-refractivity contribution in [3.63, 3.8) is 0 Å². The van der Waals surface area contributed by atoms with Gasteiger partial charge in [-0.3, -0.25) is 4.68 Å². The Kier molecular flexibility index (Phi) is 2.87. The van der Waals surface area contributed by atoms with E-state index in [4.69, 9.17) is 5.73 Å². The van der Waals surface area contributed by atoms with E-state index >= 15 is 0 Å². The van der Waals surface area contributed by atoms with Gasteiger partial charge >= 0.3 is 0 Å². The summed E-state index contributed by atoms with van der Waals surface area (Å²) in [6.45, 7) is 1.85. The Morgan fingerprint density at radius 3 is 2.75 bits per heavy atom. The standard InChI is InChI=1S/C11H12FN3S/c1-7-10(13)11(15(2)14-7)16-9-5-3-4-8(12)6-9/h3-6H,13H2,1-2H3. The highest BCUT2D eigenvalue weighted by molar-refractivity contribution is 7.99. The highest BCUT2D eigenvalue weighted by Gasteiger charge is 2.11. The molecule has 0 aliphatic carbocycles.